The number of carbonyl (C=O) groups is 2. The highest BCUT2D eigenvalue weighted by Crippen LogP contribution is 2.49. The molecule has 0 bridgehead atoms. The number of carboxylic acid groups (broad SMARTS) is 1. The number of amides is 2. The molecule has 6 heteroatoms. The van der Waals surface area contributed by atoms with Crippen molar-refractivity contribution in [1.29, 1.82) is 0 Å². The molecule has 3 unspecified atom stereocenters. The van der Waals surface area contributed by atoms with Crippen molar-refractivity contribution in [3.63, 3.8) is 0 Å². The van der Waals surface area contributed by atoms with Crippen molar-refractivity contribution in [1.82, 2.24) is 10.6 Å². The van der Waals surface area contributed by atoms with E-state index in [1.54, 1.807) is 12.1 Å². The van der Waals surface area contributed by atoms with Gasteiger partial charge in [0.1, 0.15) is 5.75 Å². The van der Waals surface area contributed by atoms with E-state index >= 15 is 0 Å². The average molecular weight is 405 g/mol. The van der Waals surface area contributed by atoms with Crippen LogP contribution in [0.4, 0.5) is 9.59 Å². The predicted molar refractivity (Wildman–Crippen MR) is 114 cm³/mol. The third kappa shape index (κ3) is 7.26. The van der Waals surface area contributed by atoms with Gasteiger partial charge in [0.2, 0.25) is 0 Å². The number of para-hydroxylation sites is 1. The number of benzene rings is 1. The highest BCUT2D eigenvalue weighted by Gasteiger charge is 2.46. The number of hydrogen-bond acceptors (Lipinski definition) is 3. The summed E-state index contributed by atoms with van der Waals surface area (Å²) in [5.41, 5.74) is -0.244. The lowest BCUT2D eigenvalue weighted by molar-refractivity contribution is 0.0362. The number of hydrogen-bond donors (Lipinski definition) is 3. The zero-order valence-electron chi connectivity index (χ0n) is 18.2. The summed E-state index contributed by atoms with van der Waals surface area (Å²) < 4.78 is 5.47. The van der Waals surface area contributed by atoms with Gasteiger partial charge in [0.25, 0.3) is 0 Å². The summed E-state index contributed by atoms with van der Waals surface area (Å²) in [6.45, 7) is 8.67. The van der Waals surface area contributed by atoms with Crippen molar-refractivity contribution < 1.29 is 19.4 Å². The molecule has 3 atom stereocenters. The van der Waals surface area contributed by atoms with Gasteiger partial charge in [-0.1, -0.05) is 65.2 Å². The monoisotopic (exact) mass is 404 g/mol. The molecular weight excluding hydrogens is 368 g/mol. The standard InChI is InChI=1S/C23H36N2O4/c1-5-6-8-13-19(25-21(28)29-18-11-9-7-10-12-18)23(4)15-17(24-20(26)27)14-22(2,3)16-23/h7,9-12,17,19,24H,5-6,8,13-16H2,1-4H3,(H,25,28)(H,26,27). The molecule has 2 amide bonds. The molecule has 1 aromatic carbocycles. The van der Waals surface area contributed by atoms with Crippen LogP contribution in [-0.4, -0.2) is 29.4 Å². The highest BCUT2D eigenvalue weighted by molar-refractivity contribution is 5.70. The van der Waals surface area contributed by atoms with Gasteiger partial charge in [-0.25, -0.2) is 9.59 Å². The minimum absolute atomic E-state index is 0.0197. The van der Waals surface area contributed by atoms with Gasteiger partial charge in [-0.05, 0) is 48.6 Å². The van der Waals surface area contributed by atoms with E-state index in [-0.39, 0.29) is 22.9 Å². The first-order valence-electron chi connectivity index (χ1n) is 10.7. The van der Waals surface area contributed by atoms with Crippen LogP contribution in [0.1, 0.15) is 72.6 Å². The lowest BCUT2D eigenvalue weighted by Gasteiger charge is -2.50. The van der Waals surface area contributed by atoms with Gasteiger partial charge < -0.3 is 20.5 Å². The van der Waals surface area contributed by atoms with Gasteiger partial charge in [0.05, 0.1) is 0 Å². The topological polar surface area (TPSA) is 87.7 Å². The maximum absolute atomic E-state index is 12.6. The Labute approximate surface area is 174 Å². The highest BCUT2D eigenvalue weighted by atomic mass is 16.6. The number of nitrogens with one attached hydrogen (secondary N) is 2. The number of carbonyl (C=O) groups excluding carboxylic acids is 1. The molecule has 3 N–H and O–H groups in total. The molecule has 1 saturated carbocycles. The lowest BCUT2D eigenvalue weighted by Crippen LogP contribution is -2.55. The third-order valence-corrected chi connectivity index (χ3v) is 5.91. The van der Waals surface area contributed by atoms with Crippen molar-refractivity contribution in [2.45, 2.75) is 84.7 Å². The number of ether oxygens (including phenoxy) is 1. The first kappa shape index (κ1) is 23.0. The zero-order chi connectivity index (χ0) is 21.5. The molecule has 0 heterocycles. The maximum Gasteiger partial charge on any atom is 0.412 e. The molecule has 0 aromatic heterocycles. The van der Waals surface area contributed by atoms with E-state index in [1.165, 1.54) is 0 Å². The van der Waals surface area contributed by atoms with Gasteiger partial charge in [-0.2, -0.15) is 0 Å². The first-order chi connectivity index (χ1) is 13.6. The number of rotatable bonds is 8. The van der Waals surface area contributed by atoms with E-state index in [9.17, 15) is 14.7 Å². The molecule has 29 heavy (non-hydrogen) atoms. The van der Waals surface area contributed by atoms with E-state index in [1.807, 2.05) is 18.2 Å². The van der Waals surface area contributed by atoms with Gasteiger partial charge >= 0.3 is 12.2 Å². The van der Waals surface area contributed by atoms with E-state index in [4.69, 9.17) is 4.74 Å². The molecule has 1 fully saturated rings. The summed E-state index contributed by atoms with van der Waals surface area (Å²) in [5.74, 6) is 0.511. The summed E-state index contributed by atoms with van der Waals surface area (Å²) in [7, 11) is 0. The van der Waals surface area contributed by atoms with Crippen LogP contribution < -0.4 is 15.4 Å². The minimum Gasteiger partial charge on any atom is -0.465 e. The summed E-state index contributed by atoms with van der Waals surface area (Å²) in [6, 6.07) is 8.83. The van der Waals surface area contributed by atoms with Crippen molar-refractivity contribution in [3.8, 4) is 5.75 Å². The fourth-order valence-corrected chi connectivity index (χ4v) is 5.04. The Morgan fingerprint density at radius 2 is 1.86 bits per heavy atom. The molecule has 1 aromatic rings. The molecule has 162 valence electrons. The Morgan fingerprint density at radius 1 is 1.17 bits per heavy atom. The Morgan fingerprint density at radius 3 is 2.48 bits per heavy atom. The van der Waals surface area contributed by atoms with Gasteiger partial charge in [0, 0.05) is 12.1 Å². The summed E-state index contributed by atoms with van der Waals surface area (Å²) in [6.07, 6.45) is 5.04. The van der Waals surface area contributed by atoms with E-state index in [0.717, 1.165) is 38.5 Å². The molecule has 2 rings (SSSR count). The number of unbranched alkanes of at least 4 members (excludes halogenated alkanes) is 2. The van der Waals surface area contributed by atoms with Crippen molar-refractivity contribution in [3.05, 3.63) is 30.3 Å². The van der Waals surface area contributed by atoms with Crippen LogP contribution in [0.2, 0.25) is 0 Å². The molecule has 0 radical (unpaired) electrons. The predicted octanol–water partition coefficient (Wildman–Crippen LogP) is 5.58. The largest absolute Gasteiger partial charge is 0.465 e. The van der Waals surface area contributed by atoms with Crippen molar-refractivity contribution >= 4 is 12.2 Å². The van der Waals surface area contributed by atoms with Crippen LogP contribution in [0.5, 0.6) is 5.75 Å². The third-order valence-electron chi connectivity index (χ3n) is 5.91. The van der Waals surface area contributed by atoms with Crippen LogP contribution in [0.3, 0.4) is 0 Å². The second-order valence-corrected chi connectivity index (χ2v) is 9.44. The van der Waals surface area contributed by atoms with Crippen LogP contribution in [0.15, 0.2) is 30.3 Å². The fraction of sp³-hybridized carbons (Fsp3) is 0.652. The molecular formula is C23H36N2O4. The Hall–Kier alpha value is -2.24. The van der Waals surface area contributed by atoms with Gasteiger partial charge in [0.15, 0.2) is 0 Å². The van der Waals surface area contributed by atoms with Gasteiger partial charge in [-0.3, -0.25) is 0 Å². The summed E-state index contributed by atoms with van der Waals surface area (Å²) in [5, 5.41) is 15.0. The maximum atomic E-state index is 12.6. The normalized spacial score (nSPS) is 24.3. The van der Waals surface area contributed by atoms with Crippen molar-refractivity contribution in [2.24, 2.45) is 10.8 Å². The van der Waals surface area contributed by atoms with Crippen LogP contribution >= 0.6 is 0 Å². The Balaban J connectivity index is 2.16. The Kier molecular flexibility index (Phi) is 7.94. The first-order valence-corrected chi connectivity index (χ1v) is 10.7. The SMILES string of the molecule is CCCCCC(NC(=O)Oc1ccccc1)C1(C)CC(NC(=O)O)CC(C)(C)C1. The zero-order valence-corrected chi connectivity index (χ0v) is 18.2. The summed E-state index contributed by atoms with van der Waals surface area (Å²) >= 11 is 0. The van der Waals surface area contributed by atoms with E-state index in [2.05, 4.69) is 38.3 Å². The van der Waals surface area contributed by atoms with E-state index in [0.29, 0.717) is 12.2 Å². The van der Waals surface area contributed by atoms with Crippen LogP contribution in [-0.2, 0) is 0 Å². The van der Waals surface area contributed by atoms with Crippen molar-refractivity contribution in [2.75, 3.05) is 0 Å². The summed E-state index contributed by atoms with van der Waals surface area (Å²) in [4.78, 5) is 23.9. The van der Waals surface area contributed by atoms with E-state index < -0.39 is 12.2 Å². The molecule has 0 aliphatic heterocycles. The molecule has 0 spiro atoms. The Bertz CT molecular complexity index is 677. The smallest absolute Gasteiger partial charge is 0.412 e. The minimum atomic E-state index is -0.992. The molecule has 1 aliphatic carbocycles. The molecule has 0 saturated heterocycles. The second kappa shape index (κ2) is 9.99. The van der Waals surface area contributed by atoms with Crippen LogP contribution in [0, 0.1) is 10.8 Å². The second-order valence-electron chi connectivity index (χ2n) is 9.44. The molecule has 1 aliphatic rings. The quantitative estimate of drug-likeness (QED) is 0.494. The average Bonchev–Trinajstić information content (AvgIpc) is 2.59. The fourth-order valence-electron chi connectivity index (χ4n) is 5.04. The lowest BCUT2D eigenvalue weighted by atomic mass is 9.59. The van der Waals surface area contributed by atoms with Crippen LogP contribution in [0.25, 0.3) is 0 Å². The molecule has 6 nitrogen and oxygen atoms in total. The van der Waals surface area contributed by atoms with Gasteiger partial charge in [-0.15, -0.1) is 0 Å².